The molecule has 0 spiro atoms. The van der Waals surface area contributed by atoms with Gasteiger partial charge in [-0.25, -0.2) is 13.8 Å². The van der Waals surface area contributed by atoms with Gasteiger partial charge in [-0.3, -0.25) is 4.79 Å². The maximum absolute atomic E-state index is 13.6. The van der Waals surface area contributed by atoms with E-state index in [0.29, 0.717) is 11.6 Å². The highest BCUT2D eigenvalue weighted by Gasteiger charge is 2.35. The van der Waals surface area contributed by atoms with Crippen molar-refractivity contribution in [3.05, 3.63) is 83.1 Å². The molecule has 0 radical (unpaired) electrons. The first kappa shape index (κ1) is 20.2. The number of nitrogens with two attached hydrogens (primary N) is 1. The first-order valence-corrected chi connectivity index (χ1v) is 8.31. The summed E-state index contributed by atoms with van der Waals surface area (Å²) < 4.78 is 67.1. The second-order valence-electron chi connectivity index (χ2n) is 6.12. The van der Waals surface area contributed by atoms with Crippen molar-refractivity contribution in [3.63, 3.8) is 0 Å². The normalized spacial score (nSPS) is 11.3. The predicted molar refractivity (Wildman–Crippen MR) is 96.9 cm³/mol. The van der Waals surface area contributed by atoms with Crippen LogP contribution in [0.3, 0.4) is 0 Å². The molecule has 1 amide bonds. The number of benzene rings is 2. The van der Waals surface area contributed by atoms with Gasteiger partial charge in [0.05, 0.1) is 5.56 Å². The van der Waals surface area contributed by atoms with E-state index in [1.54, 1.807) is 0 Å². The lowest BCUT2D eigenvalue weighted by atomic mass is 9.97. The summed E-state index contributed by atoms with van der Waals surface area (Å²) in [7, 11) is 0. The van der Waals surface area contributed by atoms with Crippen LogP contribution in [0.2, 0.25) is 0 Å². The number of carbonyl (C=O) groups is 1. The highest BCUT2D eigenvalue weighted by atomic mass is 19.4. The molecule has 0 unspecified atom stereocenters. The van der Waals surface area contributed by atoms with Gasteiger partial charge in [-0.15, -0.1) is 0 Å². The topological polar surface area (TPSA) is 68.0 Å². The monoisotopic (exact) mass is 407 g/mol. The van der Waals surface area contributed by atoms with E-state index in [1.165, 1.54) is 30.5 Å². The van der Waals surface area contributed by atoms with Gasteiger partial charge in [0.2, 0.25) is 5.91 Å². The third kappa shape index (κ3) is 4.50. The number of rotatable bonds is 5. The van der Waals surface area contributed by atoms with E-state index in [2.05, 4.69) is 10.3 Å². The maximum atomic E-state index is 13.6. The van der Waals surface area contributed by atoms with Crippen LogP contribution in [-0.2, 0) is 12.7 Å². The van der Waals surface area contributed by atoms with Crippen LogP contribution in [0.15, 0.2) is 54.7 Å². The van der Waals surface area contributed by atoms with Crippen LogP contribution in [0.4, 0.5) is 27.8 Å². The summed E-state index contributed by atoms with van der Waals surface area (Å²) in [5.41, 5.74) is 4.06. The van der Waals surface area contributed by atoms with Crippen LogP contribution in [0.25, 0.3) is 11.1 Å². The molecular weight excluding hydrogens is 393 g/mol. The molecule has 1 aromatic heterocycles. The van der Waals surface area contributed by atoms with Crippen molar-refractivity contribution in [3.8, 4) is 11.1 Å². The summed E-state index contributed by atoms with van der Waals surface area (Å²) in [6.45, 7) is 0.00192. The molecule has 0 atom stereocenters. The van der Waals surface area contributed by atoms with Gasteiger partial charge >= 0.3 is 6.18 Å². The average molecular weight is 407 g/mol. The third-order valence-electron chi connectivity index (χ3n) is 4.15. The lowest BCUT2D eigenvalue weighted by Crippen LogP contribution is -2.15. The Kier molecular flexibility index (Phi) is 5.49. The van der Waals surface area contributed by atoms with Crippen LogP contribution >= 0.6 is 0 Å². The lowest BCUT2D eigenvalue weighted by Gasteiger charge is -2.17. The Balaban J connectivity index is 2.00. The standard InChI is InChI=1S/C20H14F5N3O/c21-16-6-3-11(8-17(16)22)10-28-19-14(2-1-7-27-19)13-5-4-12(18(26)29)9-15(13)20(23,24)25/h1-9H,10H2,(H2,26,29)(H,27,28). The van der Waals surface area contributed by atoms with E-state index < -0.39 is 29.3 Å². The minimum absolute atomic E-state index is 0.00192. The largest absolute Gasteiger partial charge is 0.417 e. The number of aromatic nitrogens is 1. The number of nitrogens with zero attached hydrogens (tertiary/aromatic N) is 1. The number of nitrogens with one attached hydrogen (secondary N) is 1. The first-order chi connectivity index (χ1) is 13.7. The lowest BCUT2D eigenvalue weighted by molar-refractivity contribution is -0.137. The summed E-state index contributed by atoms with van der Waals surface area (Å²) in [5, 5.41) is 2.83. The SMILES string of the molecule is NC(=O)c1ccc(-c2cccnc2NCc2ccc(F)c(F)c2)c(C(F)(F)F)c1. The minimum atomic E-state index is -4.74. The van der Waals surface area contributed by atoms with E-state index in [0.717, 1.165) is 18.2 Å². The Labute approximate surface area is 162 Å². The molecule has 0 aliphatic carbocycles. The van der Waals surface area contributed by atoms with E-state index in [9.17, 15) is 26.7 Å². The Hall–Kier alpha value is -3.49. The van der Waals surface area contributed by atoms with Crippen molar-refractivity contribution in [1.29, 1.82) is 0 Å². The number of pyridine rings is 1. The molecule has 2 aromatic carbocycles. The zero-order chi connectivity index (χ0) is 21.2. The third-order valence-corrected chi connectivity index (χ3v) is 4.15. The number of halogens is 5. The van der Waals surface area contributed by atoms with Crippen molar-refractivity contribution < 1.29 is 26.7 Å². The summed E-state index contributed by atoms with van der Waals surface area (Å²) in [6.07, 6.45) is -3.36. The molecule has 150 valence electrons. The van der Waals surface area contributed by atoms with Gasteiger partial charge in [0.15, 0.2) is 11.6 Å². The van der Waals surface area contributed by atoms with E-state index in [1.807, 2.05) is 0 Å². The van der Waals surface area contributed by atoms with Crippen LogP contribution < -0.4 is 11.1 Å². The molecule has 3 rings (SSSR count). The van der Waals surface area contributed by atoms with Gasteiger partial charge < -0.3 is 11.1 Å². The number of hydrogen-bond acceptors (Lipinski definition) is 3. The number of anilines is 1. The van der Waals surface area contributed by atoms with E-state index >= 15 is 0 Å². The summed E-state index contributed by atoms with van der Waals surface area (Å²) >= 11 is 0. The summed E-state index contributed by atoms with van der Waals surface area (Å²) in [4.78, 5) is 15.3. The number of primary amides is 1. The second-order valence-corrected chi connectivity index (χ2v) is 6.12. The number of carbonyl (C=O) groups excluding carboxylic acids is 1. The molecule has 0 bridgehead atoms. The Bertz CT molecular complexity index is 1070. The van der Waals surface area contributed by atoms with Crippen LogP contribution in [-0.4, -0.2) is 10.9 Å². The highest BCUT2D eigenvalue weighted by Crippen LogP contribution is 2.39. The minimum Gasteiger partial charge on any atom is -0.366 e. The number of alkyl halides is 3. The molecule has 0 aliphatic rings. The average Bonchev–Trinajstić information content (AvgIpc) is 2.68. The molecule has 9 heteroatoms. The van der Waals surface area contributed by atoms with Gasteiger partial charge in [0.1, 0.15) is 5.82 Å². The van der Waals surface area contributed by atoms with Gasteiger partial charge in [0.25, 0.3) is 0 Å². The van der Waals surface area contributed by atoms with Crippen molar-refractivity contribution in [2.24, 2.45) is 5.73 Å². The zero-order valence-corrected chi connectivity index (χ0v) is 14.7. The molecular formula is C20H14F5N3O. The zero-order valence-electron chi connectivity index (χ0n) is 14.7. The van der Waals surface area contributed by atoms with Crippen molar-refractivity contribution in [2.45, 2.75) is 12.7 Å². The smallest absolute Gasteiger partial charge is 0.366 e. The molecule has 3 aromatic rings. The van der Waals surface area contributed by atoms with Crippen molar-refractivity contribution in [1.82, 2.24) is 4.98 Å². The van der Waals surface area contributed by atoms with E-state index in [-0.39, 0.29) is 29.1 Å². The first-order valence-electron chi connectivity index (χ1n) is 8.31. The van der Waals surface area contributed by atoms with Gasteiger partial charge in [-0.1, -0.05) is 12.1 Å². The second kappa shape index (κ2) is 7.86. The Morgan fingerprint density at radius 2 is 1.76 bits per heavy atom. The maximum Gasteiger partial charge on any atom is 0.417 e. The number of hydrogen-bond donors (Lipinski definition) is 2. The molecule has 3 N–H and O–H groups in total. The van der Waals surface area contributed by atoms with Gasteiger partial charge in [-0.2, -0.15) is 13.2 Å². The number of amides is 1. The fourth-order valence-corrected chi connectivity index (χ4v) is 2.77. The fourth-order valence-electron chi connectivity index (χ4n) is 2.77. The molecule has 1 heterocycles. The van der Waals surface area contributed by atoms with Crippen molar-refractivity contribution in [2.75, 3.05) is 5.32 Å². The summed E-state index contributed by atoms with van der Waals surface area (Å²) in [5.74, 6) is -2.91. The predicted octanol–water partition coefficient (Wildman–Crippen LogP) is 4.76. The van der Waals surface area contributed by atoms with Crippen LogP contribution in [0.5, 0.6) is 0 Å². The van der Waals surface area contributed by atoms with E-state index in [4.69, 9.17) is 5.73 Å². The summed E-state index contributed by atoms with van der Waals surface area (Å²) in [6, 6.07) is 9.18. The van der Waals surface area contributed by atoms with Crippen molar-refractivity contribution >= 4 is 11.7 Å². The van der Waals surface area contributed by atoms with Crippen LogP contribution in [0.1, 0.15) is 21.5 Å². The molecule has 0 saturated carbocycles. The quantitative estimate of drug-likeness (QED) is 0.600. The molecule has 0 fully saturated rings. The Morgan fingerprint density at radius 1 is 1.00 bits per heavy atom. The molecule has 4 nitrogen and oxygen atoms in total. The van der Waals surface area contributed by atoms with Crippen LogP contribution in [0, 0.1) is 11.6 Å². The van der Waals surface area contributed by atoms with Gasteiger partial charge in [-0.05, 0) is 47.5 Å². The Morgan fingerprint density at radius 3 is 2.41 bits per heavy atom. The molecule has 0 aliphatic heterocycles. The highest BCUT2D eigenvalue weighted by molar-refractivity contribution is 5.94. The molecule has 0 saturated heterocycles. The fraction of sp³-hybridized carbons (Fsp3) is 0.100. The van der Waals surface area contributed by atoms with Gasteiger partial charge in [0, 0.05) is 23.9 Å². The molecule has 29 heavy (non-hydrogen) atoms.